The molecule has 2 amide bonds. The van der Waals surface area contributed by atoms with Gasteiger partial charge in [-0.3, -0.25) is 14.7 Å². The quantitative estimate of drug-likeness (QED) is 0.887. The summed E-state index contributed by atoms with van der Waals surface area (Å²) in [6.07, 6.45) is 5.74. The fraction of sp³-hybridized carbons (Fsp3) is 0.737. The van der Waals surface area contributed by atoms with E-state index in [0.717, 1.165) is 64.0 Å². The first kappa shape index (κ1) is 17.5. The van der Waals surface area contributed by atoms with Crippen molar-refractivity contribution in [2.75, 3.05) is 26.3 Å². The minimum atomic E-state index is -0.0372. The van der Waals surface area contributed by atoms with E-state index in [1.54, 1.807) is 6.07 Å². The number of rotatable bonds is 4. The van der Waals surface area contributed by atoms with Gasteiger partial charge in [0.25, 0.3) is 5.91 Å². The summed E-state index contributed by atoms with van der Waals surface area (Å²) < 4.78 is 5.50. The van der Waals surface area contributed by atoms with Crippen LogP contribution in [0.15, 0.2) is 6.07 Å². The minimum Gasteiger partial charge on any atom is -0.381 e. The van der Waals surface area contributed by atoms with Gasteiger partial charge < -0.3 is 14.5 Å². The van der Waals surface area contributed by atoms with Gasteiger partial charge in [-0.25, -0.2) is 0 Å². The number of nitrogens with zero attached hydrogens (tertiary/aromatic N) is 3. The molecule has 3 heterocycles. The SMILES string of the molecule is Cc1cc(C(=O)N2CCCC(N(C(=O)C3CC3)C3CCOCC3)C2)n[nH]1. The van der Waals surface area contributed by atoms with Crippen molar-refractivity contribution in [3.05, 3.63) is 17.5 Å². The third-order valence-corrected chi connectivity index (χ3v) is 5.77. The number of nitrogens with one attached hydrogen (secondary N) is 1. The second-order valence-corrected chi connectivity index (χ2v) is 7.85. The Labute approximate surface area is 154 Å². The Balaban J connectivity index is 1.49. The smallest absolute Gasteiger partial charge is 0.274 e. The van der Waals surface area contributed by atoms with E-state index in [1.807, 2.05) is 11.8 Å². The van der Waals surface area contributed by atoms with E-state index in [0.29, 0.717) is 18.1 Å². The molecule has 1 aromatic heterocycles. The fourth-order valence-corrected chi connectivity index (χ4v) is 4.22. The molecule has 0 bridgehead atoms. The predicted octanol–water partition coefficient (Wildman–Crippen LogP) is 1.74. The summed E-state index contributed by atoms with van der Waals surface area (Å²) in [5.41, 5.74) is 1.35. The number of carbonyl (C=O) groups excluding carboxylic acids is 2. The second kappa shape index (κ2) is 7.39. The molecule has 3 aliphatic rings. The third kappa shape index (κ3) is 3.63. The summed E-state index contributed by atoms with van der Waals surface area (Å²) >= 11 is 0. The molecule has 4 rings (SSSR count). The summed E-state index contributed by atoms with van der Waals surface area (Å²) in [5.74, 6) is 0.467. The van der Waals surface area contributed by atoms with E-state index < -0.39 is 0 Å². The van der Waals surface area contributed by atoms with Gasteiger partial charge in [-0.15, -0.1) is 0 Å². The number of hydrogen-bond donors (Lipinski definition) is 1. The molecule has 142 valence electrons. The van der Waals surface area contributed by atoms with Crippen molar-refractivity contribution in [1.29, 1.82) is 0 Å². The highest BCUT2D eigenvalue weighted by Crippen LogP contribution is 2.35. The lowest BCUT2D eigenvalue weighted by molar-refractivity contribution is -0.141. The van der Waals surface area contributed by atoms with Crippen molar-refractivity contribution >= 4 is 11.8 Å². The van der Waals surface area contributed by atoms with Crippen LogP contribution in [0.2, 0.25) is 0 Å². The number of hydrogen-bond acceptors (Lipinski definition) is 4. The van der Waals surface area contributed by atoms with Gasteiger partial charge in [-0.2, -0.15) is 5.10 Å². The van der Waals surface area contributed by atoms with Gasteiger partial charge in [0.05, 0.1) is 0 Å². The molecule has 2 aliphatic heterocycles. The van der Waals surface area contributed by atoms with Crippen LogP contribution in [0.1, 0.15) is 54.7 Å². The molecule has 0 aromatic carbocycles. The summed E-state index contributed by atoms with van der Waals surface area (Å²) in [4.78, 5) is 29.8. The van der Waals surface area contributed by atoms with Crippen LogP contribution in [0.5, 0.6) is 0 Å². The molecular formula is C19H28N4O3. The summed E-state index contributed by atoms with van der Waals surface area (Å²) in [7, 11) is 0. The van der Waals surface area contributed by atoms with E-state index in [1.165, 1.54) is 0 Å². The zero-order chi connectivity index (χ0) is 18.1. The largest absolute Gasteiger partial charge is 0.381 e. The molecule has 3 fully saturated rings. The maximum absolute atomic E-state index is 13.0. The molecule has 1 N–H and O–H groups in total. The lowest BCUT2D eigenvalue weighted by atomic mass is 9.97. The third-order valence-electron chi connectivity index (χ3n) is 5.77. The zero-order valence-corrected chi connectivity index (χ0v) is 15.4. The highest BCUT2D eigenvalue weighted by atomic mass is 16.5. The molecule has 1 aliphatic carbocycles. The van der Waals surface area contributed by atoms with Crippen molar-refractivity contribution < 1.29 is 14.3 Å². The molecule has 2 saturated heterocycles. The Bertz CT molecular complexity index is 663. The lowest BCUT2D eigenvalue weighted by Crippen LogP contribution is -2.56. The molecule has 7 heteroatoms. The van der Waals surface area contributed by atoms with Crippen LogP contribution in [-0.2, 0) is 9.53 Å². The fourth-order valence-electron chi connectivity index (χ4n) is 4.22. The zero-order valence-electron chi connectivity index (χ0n) is 15.4. The number of aryl methyl sites for hydroxylation is 1. The van der Waals surface area contributed by atoms with Gasteiger partial charge in [0.1, 0.15) is 5.69 Å². The summed E-state index contributed by atoms with van der Waals surface area (Å²) in [5, 5.41) is 6.95. The Morgan fingerprint density at radius 2 is 1.96 bits per heavy atom. The van der Waals surface area contributed by atoms with Crippen LogP contribution in [0.3, 0.4) is 0 Å². The second-order valence-electron chi connectivity index (χ2n) is 7.85. The molecule has 1 saturated carbocycles. The van der Waals surface area contributed by atoms with Gasteiger partial charge in [-0.1, -0.05) is 0 Å². The molecule has 1 unspecified atom stereocenters. The number of aromatic amines is 1. The van der Waals surface area contributed by atoms with Crippen LogP contribution in [-0.4, -0.2) is 70.2 Å². The maximum Gasteiger partial charge on any atom is 0.274 e. The predicted molar refractivity (Wildman–Crippen MR) is 95.7 cm³/mol. The van der Waals surface area contributed by atoms with Crippen molar-refractivity contribution in [1.82, 2.24) is 20.0 Å². The van der Waals surface area contributed by atoms with Crippen LogP contribution < -0.4 is 0 Å². The van der Waals surface area contributed by atoms with Gasteiger partial charge in [0.2, 0.25) is 5.91 Å². The Kier molecular flexibility index (Phi) is 4.98. The normalized spacial score (nSPS) is 24.5. The van der Waals surface area contributed by atoms with Crippen molar-refractivity contribution in [3.63, 3.8) is 0 Å². The van der Waals surface area contributed by atoms with Gasteiger partial charge in [-0.05, 0) is 51.5 Å². The lowest BCUT2D eigenvalue weighted by Gasteiger charge is -2.44. The van der Waals surface area contributed by atoms with E-state index >= 15 is 0 Å². The topological polar surface area (TPSA) is 78.5 Å². The maximum atomic E-state index is 13.0. The van der Waals surface area contributed by atoms with Crippen LogP contribution in [0, 0.1) is 12.8 Å². The van der Waals surface area contributed by atoms with E-state index in [4.69, 9.17) is 4.74 Å². The summed E-state index contributed by atoms with van der Waals surface area (Å²) in [6, 6.07) is 2.16. The Morgan fingerprint density at radius 3 is 2.62 bits per heavy atom. The number of piperidine rings is 1. The number of carbonyl (C=O) groups is 2. The molecule has 1 aromatic rings. The van der Waals surface area contributed by atoms with Crippen molar-refractivity contribution in [2.24, 2.45) is 5.92 Å². The standard InChI is InChI=1S/C19H28N4O3/c1-13-11-17(21-20-13)19(25)22-8-2-3-16(12-22)23(18(24)14-4-5-14)15-6-9-26-10-7-15/h11,14-16H,2-10,12H2,1H3,(H,20,21). The average Bonchev–Trinajstić information content (AvgIpc) is 3.43. The van der Waals surface area contributed by atoms with Crippen LogP contribution in [0.4, 0.5) is 0 Å². The van der Waals surface area contributed by atoms with Crippen molar-refractivity contribution in [3.8, 4) is 0 Å². The van der Waals surface area contributed by atoms with Crippen molar-refractivity contribution in [2.45, 2.75) is 57.5 Å². The first-order valence-electron chi connectivity index (χ1n) is 9.84. The van der Waals surface area contributed by atoms with Gasteiger partial charge >= 0.3 is 0 Å². The number of likely N-dealkylation sites (tertiary alicyclic amines) is 1. The molecular weight excluding hydrogens is 332 g/mol. The number of aromatic nitrogens is 2. The van der Waals surface area contributed by atoms with Gasteiger partial charge in [0.15, 0.2) is 0 Å². The number of ether oxygens (including phenoxy) is 1. The number of H-pyrrole nitrogens is 1. The van der Waals surface area contributed by atoms with E-state index in [-0.39, 0.29) is 23.9 Å². The van der Waals surface area contributed by atoms with Crippen LogP contribution in [0.25, 0.3) is 0 Å². The molecule has 0 spiro atoms. The average molecular weight is 360 g/mol. The first-order valence-corrected chi connectivity index (χ1v) is 9.84. The van der Waals surface area contributed by atoms with Gasteiger partial charge in [0, 0.05) is 50.0 Å². The highest BCUT2D eigenvalue weighted by molar-refractivity contribution is 5.92. The van der Waals surface area contributed by atoms with E-state index in [9.17, 15) is 9.59 Å². The summed E-state index contributed by atoms with van der Waals surface area (Å²) in [6.45, 7) is 4.69. The molecule has 0 radical (unpaired) electrons. The van der Waals surface area contributed by atoms with Crippen LogP contribution >= 0.6 is 0 Å². The monoisotopic (exact) mass is 360 g/mol. The Morgan fingerprint density at radius 1 is 1.19 bits per heavy atom. The highest BCUT2D eigenvalue weighted by Gasteiger charge is 2.41. The Hall–Kier alpha value is -1.89. The first-order chi connectivity index (χ1) is 12.6. The molecule has 1 atom stereocenters. The minimum absolute atomic E-state index is 0.0372. The molecule has 7 nitrogen and oxygen atoms in total. The van der Waals surface area contributed by atoms with E-state index in [2.05, 4.69) is 15.1 Å². The molecule has 26 heavy (non-hydrogen) atoms. The number of amides is 2.